The number of nitrogens with zero attached hydrogens (tertiary/aromatic N) is 6. The van der Waals surface area contributed by atoms with Crippen molar-refractivity contribution in [1.29, 1.82) is 0 Å². The summed E-state index contributed by atoms with van der Waals surface area (Å²) in [5.41, 5.74) is 1.96. The summed E-state index contributed by atoms with van der Waals surface area (Å²) in [6.45, 7) is 9.97. The summed E-state index contributed by atoms with van der Waals surface area (Å²) in [5, 5.41) is 15.9. The first-order valence-corrected chi connectivity index (χ1v) is 5.91. The van der Waals surface area contributed by atoms with Crippen LogP contribution in [0.25, 0.3) is 11.4 Å². The first-order chi connectivity index (χ1) is 8.18. The molecule has 0 aliphatic rings. The van der Waals surface area contributed by atoms with Crippen LogP contribution >= 0.6 is 0 Å². The van der Waals surface area contributed by atoms with E-state index in [0.29, 0.717) is 5.82 Å². The first-order valence-electron chi connectivity index (χ1n) is 5.91. The van der Waals surface area contributed by atoms with Gasteiger partial charge in [-0.05, 0) is 12.1 Å². The smallest absolute Gasteiger partial charge is 0.208 e. The maximum atomic E-state index is 4.10. The average Bonchev–Trinajstić information content (AvgIpc) is 2.93. The molecule has 2 heterocycles. The van der Waals surface area contributed by atoms with E-state index in [0.717, 1.165) is 11.3 Å². The standard InChI is InChI=1S/C7H10N6.2C2H6/c1-5-6(4-8-12(5)2)7-9-11-13(3)10-7;2*1-2/h4H,1-3H3;2*1-2H3. The van der Waals surface area contributed by atoms with Crippen molar-refractivity contribution in [2.75, 3.05) is 0 Å². The lowest BCUT2D eigenvalue weighted by Gasteiger charge is -1.93. The van der Waals surface area contributed by atoms with Crippen molar-refractivity contribution < 1.29 is 0 Å². The summed E-state index contributed by atoms with van der Waals surface area (Å²) in [6.07, 6.45) is 1.74. The highest BCUT2D eigenvalue weighted by atomic mass is 15.6. The molecule has 0 N–H and O–H groups in total. The Labute approximate surface area is 103 Å². The van der Waals surface area contributed by atoms with Crippen LogP contribution in [-0.2, 0) is 14.1 Å². The Balaban J connectivity index is 0.000000581. The lowest BCUT2D eigenvalue weighted by Crippen LogP contribution is -1.94. The van der Waals surface area contributed by atoms with E-state index in [-0.39, 0.29) is 0 Å². The molecule has 2 aromatic heterocycles. The number of hydrogen-bond donors (Lipinski definition) is 0. The van der Waals surface area contributed by atoms with Gasteiger partial charge in [0.1, 0.15) is 0 Å². The van der Waals surface area contributed by atoms with Gasteiger partial charge in [-0.2, -0.15) is 9.90 Å². The number of rotatable bonds is 1. The molecule has 0 unspecified atom stereocenters. The molecule has 17 heavy (non-hydrogen) atoms. The van der Waals surface area contributed by atoms with Gasteiger partial charge in [0, 0.05) is 12.7 Å². The zero-order chi connectivity index (χ0) is 13.4. The molecule has 0 atom stereocenters. The zero-order valence-electron chi connectivity index (χ0n) is 11.8. The Bertz CT molecular complexity index is 429. The molecule has 2 rings (SSSR count). The third-order valence-corrected chi connectivity index (χ3v) is 1.98. The van der Waals surface area contributed by atoms with Gasteiger partial charge in [0.2, 0.25) is 5.82 Å². The van der Waals surface area contributed by atoms with Crippen molar-refractivity contribution in [1.82, 2.24) is 30.0 Å². The van der Waals surface area contributed by atoms with E-state index in [9.17, 15) is 0 Å². The third kappa shape index (κ3) is 3.65. The van der Waals surface area contributed by atoms with Crippen LogP contribution in [0.3, 0.4) is 0 Å². The molecule has 6 heteroatoms. The van der Waals surface area contributed by atoms with Gasteiger partial charge in [-0.1, -0.05) is 27.7 Å². The second-order valence-corrected chi connectivity index (χ2v) is 2.87. The molecule has 0 amide bonds. The van der Waals surface area contributed by atoms with Gasteiger partial charge in [0.05, 0.1) is 18.8 Å². The van der Waals surface area contributed by atoms with Crippen molar-refractivity contribution in [2.24, 2.45) is 14.1 Å². The molecule has 0 aliphatic heterocycles. The molecular formula is C11H22N6. The lowest BCUT2D eigenvalue weighted by molar-refractivity contribution is 0.630. The minimum atomic E-state index is 0.619. The van der Waals surface area contributed by atoms with Crippen LogP contribution in [0, 0.1) is 6.92 Å². The highest BCUT2D eigenvalue weighted by molar-refractivity contribution is 5.55. The fourth-order valence-corrected chi connectivity index (χ4v) is 1.11. The van der Waals surface area contributed by atoms with Gasteiger partial charge in [-0.15, -0.1) is 10.2 Å². The van der Waals surface area contributed by atoms with Crippen LogP contribution < -0.4 is 0 Å². The molecule has 96 valence electrons. The SMILES string of the molecule is CC.CC.Cc1c(-c2nnn(C)n2)cnn1C. The first kappa shape index (κ1) is 15.3. The Morgan fingerprint density at radius 2 is 1.65 bits per heavy atom. The molecule has 0 aromatic carbocycles. The van der Waals surface area contributed by atoms with Gasteiger partial charge in [-0.3, -0.25) is 4.68 Å². The highest BCUT2D eigenvalue weighted by Gasteiger charge is 2.10. The van der Waals surface area contributed by atoms with Crippen LogP contribution in [0.4, 0.5) is 0 Å². The van der Waals surface area contributed by atoms with Crippen molar-refractivity contribution >= 4 is 0 Å². The average molecular weight is 238 g/mol. The largest absolute Gasteiger partial charge is 0.272 e. The fraction of sp³-hybridized carbons (Fsp3) is 0.636. The minimum absolute atomic E-state index is 0.619. The third-order valence-electron chi connectivity index (χ3n) is 1.98. The molecule has 2 aromatic rings. The highest BCUT2D eigenvalue weighted by Crippen LogP contribution is 2.16. The molecule has 0 saturated carbocycles. The summed E-state index contributed by atoms with van der Waals surface area (Å²) < 4.78 is 1.78. The number of hydrogen-bond acceptors (Lipinski definition) is 4. The summed E-state index contributed by atoms with van der Waals surface area (Å²) in [4.78, 5) is 1.43. The van der Waals surface area contributed by atoms with Crippen molar-refractivity contribution in [2.45, 2.75) is 34.6 Å². The van der Waals surface area contributed by atoms with Crippen LogP contribution in [-0.4, -0.2) is 30.0 Å². The Kier molecular flexibility index (Phi) is 6.77. The Hall–Kier alpha value is -1.72. The zero-order valence-corrected chi connectivity index (χ0v) is 11.8. The van der Waals surface area contributed by atoms with Gasteiger partial charge in [0.15, 0.2) is 0 Å². The molecule has 6 nitrogen and oxygen atoms in total. The number of tetrazole rings is 1. The predicted octanol–water partition coefficient (Wildman–Crippen LogP) is 1.97. The van der Waals surface area contributed by atoms with Crippen molar-refractivity contribution in [3.63, 3.8) is 0 Å². The molecule has 0 radical (unpaired) electrons. The number of aryl methyl sites for hydroxylation is 2. The van der Waals surface area contributed by atoms with Gasteiger partial charge in [0.25, 0.3) is 0 Å². The molecule has 0 spiro atoms. The molecular weight excluding hydrogens is 216 g/mol. The summed E-state index contributed by atoms with van der Waals surface area (Å²) in [5.74, 6) is 0.619. The monoisotopic (exact) mass is 238 g/mol. The van der Waals surface area contributed by atoms with Gasteiger partial charge < -0.3 is 0 Å². The topological polar surface area (TPSA) is 61.4 Å². The fourth-order valence-electron chi connectivity index (χ4n) is 1.11. The lowest BCUT2D eigenvalue weighted by atomic mass is 10.2. The van der Waals surface area contributed by atoms with Crippen LogP contribution in [0.15, 0.2) is 6.20 Å². The van der Waals surface area contributed by atoms with Crippen LogP contribution in [0.1, 0.15) is 33.4 Å². The molecule has 0 fully saturated rings. The molecule has 0 aliphatic carbocycles. The normalized spacial score (nSPS) is 8.88. The Morgan fingerprint density at radius 3 is 2.00 bits per heavy atom. The summed E-state index contributed by atoms with van der Waals surface area (Å²) in [6, 6.07) is 0. The van der Waals surface area contributed by atoms with Crippen molar-refractivity contribution in [3.8, 4) is 11.4 Å². The summed E-state index contributed by atoms with van der Waals surface area (Å²) >= 11 is 0. The van der Waals surface area contributed by atoms with Gasteiger partial charge in [-0.25, -0.2) is 0 Å². The second-order valence-electron chi connectivity index (χ2n) is 2.87. The maximum Gasteiger partial charge on any atom is 0.208 e. The number of aromatic nitrogens is 6. The van der Waals surface area contributed by atoms with E-state index < -0.39 is 0 Å². The predicted molar refractivity (Wildman–Crippen MR) is 68.4 cm³/mol. The van der Waals surface area contributed by atoms with E-state index in [2.05, 4.69) is 20.5 Å². The van der Waals surface area contributed by atoms with E-state index in [1.807, 2.05) is 41.7 Å². The molecule has 0 saturated heterocycles. The van der Waals surface area contributed by atoms with Crippen molar-refractivity contribution in [3.05, 3.63) is 11.9 Å². The maximum absolute atomic E-state index is 4.10. The molecule has 0 bridgehead atoms. The summed E-state index contributed by atoms with van der Waals surface area (Å²) in [7, 11) is 3.62. The quantitative estimate of drug-likeness (QED) is 0.762. The van der Waals surface area contributed by atoms with E-state index in [1.165, 1.54) is 4.80 Å². The van der Waals surface area contributed by atoms with Gasteiger partial charge >= 0.3 is 0 Å². The van der Waals surface area contributed by atoms with E-state index in [1.54, 1.807) is 17.9 Å². The van der Waals surface area contributed by atoms with E-state index in [4.69, 9.17) is 0 Å². The Morgan fingerprint density at radius 1 is 1.06 bits per heavy atom. The van der Waals surface area contributed by atoms with Crippen LogP contribution in [0.5, 0.6) is 0 Å². The van der Waals surface area contributed by atoms with Crippen LogP contribution in [0.2, 0.25) is 0 Å². The minimum Gasteiger partial charge on any atom is -0.272 e. The van der Waals surface area contributed by atoms with E-state index >= 15 is 0 Å². The second kappa shape index (κ2) is 7.54.